The van der Waals surface area contributed by atoms with Gasteiger partial charge in [0, 0.05) is 13.0 Å². The second-order valence-corrected chi connectivity index (χ2v) is 4.59. The number of hydrogen-bond donors (Lipinski definition) is 2. The van der Waals surface area contributed by atoms with E-state index < -0.39 is 0 Å². The highest BCUT2D eigenvalue weighted by Crippen LogP contribution is 2.18. The summed E-state index contributed by atoms with van der Waals surface area (Å²) in [5, 5.41) is 2.89. The van der Waals surface area contributed by atoms with Crippen LogP contribution in [0.15, 0.2) is 12.2 Å². The van der Waals surface area contributed by atoms with Gasteiger partial charge in [0.25, 0.3) is 0 Å². The molecule has 3 N–H and O–H groups in total. The van der Waals surface area contributed by atoms with Gasteiger partial charge in [-0.15, -0.1) is 0 Å². The molecule has 4 nitrogen and oxygen atoms in total. The predicted molar refractivity (Wildman–Crippen MR) is 68.6 cm³/mol. The minimum atomic E-state index is -0.113. The van der Waals surface area contributed by atoms with Gasteiger partial charge in [-0.1, -0.05) is 26.0 Å². The zero-order chi connectivity index (χ0) is 12.8. The monoisotopic (exact) mass is 240 g/mol. The smallest absolute Gasteiger partial charge is 0.217 e. The van der Waals surface area contributed by atoms with E-state index >= 15 is 0 Å². The summed E-state index contributed by atoms with van der Waals surface area (Å²) >= 11 is 0. The largest absolute Gasteiger partial charge is 0.369 e. The van der Waals surface area contributed by atoms with Crippen LogP contribution in [0.2, 0.25) is 0 Å². The summed E-state index contributed by atoms with van der Waals surface area (Å²) in [6.45, 7) is 5.72. The zero-order valence-corrected chi connectivity index (χ0v) is 11.0. The summed E-state index contributed by atoms with van der Waals surface area (Å²) in [4.78, 5) is 11.2. The highest BCUT2D eigenvalue weighted by molar-refractivity contribution is 5.73. The summed E-state index contributed by atoms with van der Waals surface area (Å²) in [7, 11) is 0. The van der Waals surface area contributed by atoms with Crippen LogP contribution in [0.3, 0.4) is 0 Å². The van der Waals surface area contributed by atoms with Crippen molar-refractivity contribution in [3.05, 3.63) is 12.2 Å². The third kappa shape index (κ3) is 4.13. The number of nitrogens with two attached hydrogens (primary N) is 1. The Morgan fingerprint density at radius 1 is 1.53 bits per heavy atom. The van der Waals surface area contributed by atoms with Gasteiger partial charge in [0.15, 0.2) is 0 Å². The molecule has 0 aliphatic heterocycles. The minimum Gasteiger partial charge on any atom is -0.369 e. The molecule has 98 valence electrons. The van der Waals surface area contributed by atoms with Crippen molar-refractivity contribution in [3.8, 4) is 0 Å². The van der Waals surface area contributed by atoms with Gasteiger partial charge >= 0.3 is 0 Å². The SMILES string of the molecule is CCC(CC)O[C@@H]1C=CC[C@H](N)[C@H]1NC(C)=O. The number of ether oxygens (including phenoxy) is 1. The fourth-order valence-electron chi connectivity index (χ4n) is 2.14. The molecule has 1 rings (SSSR count). The van der Waals surface area contributed by atoms with Crippen molar-refractivity contribution in [3.63, 3.8) is 0 Å². The molecule has 0 saturated carbocycles. The first-order valence-electron chi connectivity index (χ1n) is 6.43. The van der Waals surface area contributed by atoms with E-state index in [1.807, 2.05) is 12.2 Å². The van der Waals surface area contributed by atoms with Crippen LogP contribution in [0.4, 0.5) is 0 Å². The quantitative estimate of drug-likeness (QED) is 0.713. The van der Waals surface area contributed by atoms with Crippen molar-refractivity contribution >= 4 is 5.91 Å². The number of hydrogen-bond acceptors (Lipinski definition) is 3. The van der Waals surface area contributed by atoms with Gasteiger partial charge in [-0.25, -0.2) is 0 Å². The van der Waals surface area contributed by atoms with Gasteiger partial charge in [-0.05, 0) is 19.3 Å². The molecule has 0 fully saturated rings. The van der Waals surface area contributed by atoms with Crippen molar-refractivity contribution in [1.82, 2.24) is 5.32 Å². The van der Waals surface area contributed by atoms with Crippen LogP contribution in [0.25, 0.3) is 0 Å². The van der Waals surface area contributed by atoms with E-state index in [1.54, 1.807) is 0 Å². The molecule has 0 aromatic carbocycles. The van der Waals surface area contributed by atoms with Crippen LogP contribution in [0.1, 0.15) is 40.0 Å². The van der Waals surface area contributed by atoms with E-state index in [-0.39, 0.29) is 30.2 Å². The molecule has 1 aliphatic rings. The normalized spacial score (nSPS) is 28.4. The van der Waals surface area contributed by atoms with Crippen LogP contribution in [-0.2, 0) is 9.53 Å². The lowest BCUT2D eigenvalue weighted by Crippen LogP contribution is -2.55. The Bertz CT molecular complexity index is 275. The first kappa shape index (κ1) is 14.2. The maximum absolute atomic E-state index is 11.2. The Hall–Kier alpha value is -0.870. The van der Waals surface area contributed by atoms with Gasteiger partial charge in [0.2, 0.25) is 5.91 Å². The van der Waals surface area contributed by atoms with E-state index in [0.29, 0.717) is 0 Å². The van der Waals surface area contributed by atoms with E-state index in [9.17, 15) is 4.79 Å². The summed E-state index contributed by atoms with van der Waals surface area (Å²) in [6.07, 6.45) is 6.91. The molecule has 0 unspecified atom stereocenters. The maximum atomic E-state index is 11.2. The first-order chi connectivity index (χ1) is 8.08. The Morgan fingerprint density at radius 2 is 2.18 bits per heavy atom. The summed E-state index contributed by atoms with van der Waals surface area (Å²) in [5.41, 5.74) is 6.03. The van der Waals surface area contributed by atoms with Crippen LogP contribution in [0, 0.1) is 0 Å². The predicted octanol–water partition coefficient (Wildman–Crippen LogP) is 1.35. The van der Waals surface area contributed by atoms with Crippen molar-refractivity contribution in [2.75, 3.05) is 0 Å². The van der Waals surface area contributed by atoms with E-state index in [0.717, 1.165) is 19.3 Å². The first-order valence-corrected chi connectivity index (χ1v) is 6.43. The van der Waals surface area contributed by atoms with Crippen LogP contribution >= 0.6 is 0 Å². The van der Waals surface area contributed by atoms with Crippen LogP contribution in [0.5, 0.6) is 0 Å². The Kier molecular flexibility index (Phi) is 5.65. The average molecular weight is 240 g/mol. The second kappa shape index (κ2) is 6.77. The molecule has 0 aromatic heterocycles. The summed E-state index contributed by atoms with van der Waals surface area (Å²) in [6, 6.07) is -0.179. The van der Waals surface area contributed by atoms with Gasteiger partial charge in [0.1, 0.15) is 0 Å². The third-order valence-electron chi connectivity index (χ3n) is 3.18. The van der Waals surface area contributed by atoms with Gasteiger partial charge < -0.3 is 15.8 Å². The molecule has 3 atom stereocenters. The molecule has 4 heteroatoms. The lowest BCUT2D eigenvalue weighted by molar-refractivity contribution is -0.121. The Morgan fingerprint density at radius 3 is 2.71 bits per heavy atom. The lowest BCUT2D eigenvalue weighted by atomic mass is 9.93. The Balaban J connectivity index is 2.67. The van der Waals surface area contributed by atoms with Gasteiger partial charge in [0.05, 0.1) is 18.2 Å². The van der Waals surface area contributed by atoms with Gasteiger partial charge in [-0.2, -0.15) is 0 Å². The standard InChI is InChI=1S/C13H24N2O2/c1-4-10(5-2)17-12-8-6-7-11(14)13(12)15-9(3)16/h6,8,10-13H,4-5,7,14H2,1-3H3,(H,15,16)/t11-,12+,13+/m0/s1. The molecular formula is C13H24N2O2. The molecule has 0 saturated heterocycles. The van der Waals surface area contributed by atoms with Crippen molar-refractivity contribution < 1.29 is 9.53 Å². The molecule has 0 heterocycles. The van der Waals surface area contributed by atoms with Gasteiger partial charge in [-0.3, -0.25) is 4.79 Å². The maximum Gasteiger partial charge on any atom is 0.217 e. The van der Waals surface area contributed by atoms with Crippen LogP contribution < -0.4 is 11.1 Å². The second-order valence-electron chi connectivity index (χ2n) is 4.59. The number of nitrogens with one attached hydrogen (secondary N) is 1. The Labute approximate surface area is 104 Å². The van der Waals surface area contributed by atoms with Crippen LogP contribution in [-0.4, -0.2) is 30.2 Å². The highest BCUT2D eigenvalue weighted by atomic mass is 16.5. The lowest BCUT2D eigenvalue weighted by Gasteiger charge is -2.35. The number of rotatable bonds is 5. The molecule has 17 heavy (non-hydrogen) atoms. The molecule has 1 amide bonds. The van der Waals surface area contributed by atoms with Crippen molar-refractivity contribution in [2.45, 2.75) is 64.3 Å². The number of carbonyl (C=O) groups excluding carboxylic acids is 1. The van der Waals surface area contributed by atoms with Crippen molar-refractivity contribution in [2.24, 2.45) is 5.73 Å². The fourth-order valence-corrected chi connectivity index (χ4v) is 2.14. The average Bonchev–Trinajstić information content (AvgIpc) is 2.29. The molecule has 0 radical (unpaired) electrons. The topological polar surface area (TPSA) is 64.3 Å². The van der Waals surface area contributed by atoms with E-state index in [4.69, 9.17) is 10.5 Å². The van der Waals surface area contributed by atoms with E-state index in [2.05, 4.69) is 19.2 Å². The molecule has 1 aliphatic carbocycles. The third-order valence-corrected chi connectivity index (χ3v) is 3.18. The summed E-state index contributed by atoms with van der Waals surface area (Å²) in [5.74, 6) is -0.0566. The zero-order valence-electron chi connectivity index (χ0n) is 11.0. The molecular weight excluding hydrogens is 216 g/mol. The number of carbonyl (C=O) groups is 1. The van der Waals surface area contributed by atoms with E-state index in [1.165, 1.54) is 6.92 Å². The summed E-state index contributed by atoms with van der Waals surface area (Å²) < 4.78 is 5.99. The number of amides is 1. The molecule has 0 spiro atoms. The highest BCUT2D eigenvalue weighted by Gasteiger charge is 2.30. The molecule has 0 bridgehead atoms. The fraction of sp³-hybridized carbons (Fsp3) is 0.769. The molecule has 0 aromatic rings. The minimum absolute atomic E-state index is 0.0566. The van der Waals surface area contributed by atoms with Crippen molar-refractivity contribution in [1.29, 1.82) is 0 Å².